The first kappa shape index (κ1) is 23.4. The third-order valence-electron chi connectivity index (χ3n) is 4.93. The molecule has 162 valence electrons. The van der Waals surface area contributed by atoms with Gasteiger partial charge in [-0.2, -0.15) is 0 Å². The van der Waals surface area contributed by atoms with E-state index < -0.39 is 18.1 Å². The van der Waals surface area contributed by atoms with E-state index in [-0.39, 0.29) is 11.8 Å². The van der Waals surface area contributed by atoms with Crippen LogP contribution >= 0.6 is 0 Å². The van der Waals surface area contributed by atoms with E-state index in [4.69, 9.17) is 15.2 Å². The molecule has 30 heavy (non-hydrogen) atoms. The molecule has 0 bridgehead atoms. The molecule has 0 unspecified atom stereocenters. The number of likely N-dealkylation sites (N-methyl/N-ethyl adjacent to an activating group) is 1. The molecule has 2 aromatic rings. The van der Waals surface area contributed by atoms with Crippen molar-refractivity contribution in [3.8, 4) is 5.75 Å². The molecule has 6 heteroatoms. The van der Waals surface area contributed by atoms with Crippen LogP contribution in [0, 0.1) is 5.92 Å². The van der Waals surface area contributed by atoms with Crippen molar-refractivity contribution in [2.45, 2.75) is 45.4 Å². The Balaban J connectivity index is 2.03. The zero-order chi connectivity index (χ0) is 22.1. The number of esters is 1. The summed E-state index contributed by atoms with van der Waals surface area (Å²) in [5.74, 6) is 0.298. The van der Waals surface area contributed by atoms with Crippen LogP contribution in [0.3, 0.4) is 0 Å². The Labute approximate surface area is 179 Å². The van der Waals surface area contributed by atoms with E-state index in [0.29, 0.717) is 19.4 Å². The van der Waals surface area contributed by atoms with Gasteiger partial charge in [0.05, 0.1) is 13.2 Å². The van der Waals surface area contributed by atoms with E-state index in [1.54, 1.807) is 7.05 Å². The molecule has 0 saturated carbocycles. The van der Waals surface area contributed by atoms with Crippen molar-refractivity contribution < 1.29 is 19.1 Å². The Morgan fingerprint density at radius 2 is 1.63 bits per heavy atom. The monoisotopic (exact) mass is 412 g/mol. The van der Waals surface area contributed by atoms with Gasteiger partial charge >= 0.3 is 5.97 Å². The van der Waals surface area contributed by atoms with Crippen LogP contribution < -0.4 is 10.5 Å². The molecule has 0 aliphatic heterocycles. The molecule has 0 heterocycles. The first-order valence-corrected chi connectivity index (χ1v) is 10.2. The van der Waals surface area contributed by atoms with Gasteiger partial charge in [0.1, 0.15) is 18.4 Å². The minimum absolute atomic E-state index is 0.262. The summed E-state index contributed by atoms with van der Waals surface area (Å²) in [6.45, 7) is 4.49. The number of rotatable bonds is 10. The number of hydrogen-bond acceptors (Lipinski definition) is 5. The van der Waals surface area contributed by atoms with Crippen LogP contribution in [0.2, 0.25) is 0 Å². The summed E-state index contributed by atoms with van der Waals surface area (Å²) in [5, 5.41) is 0. The Kier molecular flexibility index (Phi) is 8.87. The highest BCUT2D eigenvalue weighted by Crippen LogP contribution is 2.18. The molecule has 0 aliphatic rings. The Bertz CT molecular complexity index is 806. The van der Waals surface area contributed by atoms with E-state index in [1.807, 2.05) is 68.4 Å². The van der Waals surface area contributed by atoms with Crippen molar-refractivity contribution in [2.75, 3.05) is 14.2 Å². The molecule has 0 aromatic heterocycles. The molecule has 2 aromatic carbocycles. The van der Waals surface area contributed by atoms with E-state index in [1.165, 1.54) is 12.0 Å². The van der Waals surface area contributed by atoms with Crippen LogP contribution in [-0.4, -0.2) is 43.0 Å². The average Bonchev–Trinajstić information content (AvgIpc) is 2.75. The van der Waals surface area contributed by atoms with Crippen LogP contribution in [0.4, 0.5) is 0 Å². The SMILES string of the molecule is COC(=O)[C@H](Cc1ccc(OCc2ccccc2)cc1)N(C)C(=O)[C@@H](N)CC(C)C. The summed E-state index contributed by atoms with van der Waals surface area (Å²) in [4.78, 5) is 26.4. The van der Waals surface area contributed by atoms with Crippen LogP contribution in [0.5, 0.6) is 5.75 Å². The lowest BCUT2D eigenvalue weighted by Gasteiger charge is -2.29. The third kappa shape index (κ3) is 6.88. The van der Waals surface area contributed by atoms with E-state index in [0.717, 1.165) is 16.9 Å². The Morgan fingerprint density at radius 1 is 1.00 bits per heavy atom. The predicted octanol–water partition coefficient (Wildman–Crippen LogP) is 3.18. The topological polar surface area (TPSA) is 81.9 Å². The lowest BCUT2D eigenvalue weighted by atomic mass is 10.0. The van der Waals surface area contributed by atoms with Crippen LogP contribution in [0.15, 0.2) is 54.6 Å². The van der Waals surface area contributed by atoms with Crippen molar-refractivity contribution in [2.24, 2.45) is 11.7 Å². The maximum Gasteiger partial charge on any atom is 0.328 e. The van der Waals surface area contributed by atoms with Gasteiger partial charge in [-0.3, -0.25) is 4.79 Å². The molecule has 0 aliphatic carbocycles. The first-order chi connectivity index (χ1) is 14.3. The number of hydrogen-bond donors (Lipinski definition) is 1. The zero-order valence-electron chi connectivity index (χ0n) is 18.2. The van der Waals surface area contributed by atoms with Gasteiger partial charge < -0.3 is 20.1 Å². The molecule has 0 saturated heterocycles. The van der Waals surface area contributed by atoms with Gasteiger partial charge in [0.25, 0.3) is 0 Å². The Hall–Kier alpha value is -2.86. The molecular formula is C24H32N2O4. The lowest BCUT2D eigenvalue weighted by molar-refractivity contribution is -0.152. The van der Waals surface area contributed by atoms with Gasteiger partial charge in [0, 0.05) is 13.5 Å². The number of benzene rings is 2. The van der Waals surface area contributed by atoms with Gasteiger partial charge in [0.2, 0.25) is 5.91 Å². The van der Waals surface area contributed by atoms with Gasteiger partial charge in [0.15, 0.2) is 0 Å². The summed E-state index contributed by atoms with van der Waals surface area (Å²) < 4.78 is 10.7. The number of ether oxygens (including phenoxy) is 2. The first-order valence-electron chi connectivity index (χ1n) is 10.2. The highest BCUT2D eigenvalue weighted by molar-refractivity contribution is 5.87. The van der Waals surface area contributed by atoms with Crippen LogP contribution in [0.25, 0.3) is 0 Å². The second kappa shape index (κ2) is 11.4. The highest BCUT2D eigenvalue weighted by atomic mass is 16.5. The van der Waals surface area contributed by atoms with Crippen molar-refractivity contribution in [1.29, 1.82) is 0 Å². The fourth-order valence-electron chi connectivity index (χ4n) is 3.22. The summed E-state index contributed by atoms with van der Waals surface area (Å²) in [5.41, 5.74) is 8.02. The molecule has 0 spiro atoms. The molecule has 2 atom stereocenters. The summed E-state index contributed by atoms with van der Waals surface area (Å²) in [7, 11) is 2.92. The largest absolute Gasteiger partial charge is 0.489 e. The van der Waals surface area contributed by atoms with Crippen LogP contribution in [-0.2, 0) is 27.4 Å². The number of nitrogens with zero attached hydrogens (tertiary/aromatic N) is 1. The second-order valence-electron chi connectivity index (χ2n) is 7.85. The fourth-order valence-corrected chi connectivity index (χ4v) is 3.22. The molecule has 2 rings (SSSR count). The number of carbonyl (C=O) groups excluding carboxylic acids is 2. The molecule has 0 fully saturated rings. The van der Waals surface area contributed by atoms with E-state index in [9.17, 15) is 9.59 Å². The van der Waals surface area contributed by atoms with Gasteiger partial charge in [-0.05, 0) is 35.6 Å². The summed E-state index contributed by atoms with van der Waals surface area (Å²) >= 11 is 0. The standard InChI is InChI=1S/C24H32N2O4/c1-17(2)14-21(25)23(27)26(3)22(24(28)29-4)15-18-10-12-20(13-11-18)30-16-19-8-6-5-7-9-19/h5-13,17,21-22H,14-16,25H2,1-4H3/t21-,22-/m0/s1. The number of carbonyl (C=O) groups is 2. The minimum atomic E-state index is -0.739. The zero-order valence-corrected chi connectivity index (χ0v) is 18.2. The molecule has 0 radical (unpaired) electrons. The number of amides is 1. The van der Waals surface area contributed by atoms with Gasteiger partial charge in [-0.15, -0.1) is 0 Å². The van der Waals surface area contributed by atoms with E-state index >= 15 is 0 Å². The van der Waals surface area contributed by atoms with Gasteiger partial charge in [-0.1, -0.05) is 56.3 Å². The maximum atomic E-state index is 12.7. The van der Waals surface area contributed by atoms with Crippen molar-refractivity contribution >= 4 is 11.9 Å². The Morgan fingerprint density at radius 3 is 2.20 bits per heavy atom. The fraction of sp³-hybridized carbons (Fsp3) is 0.417. The molecule has 6 nitrogen and oxygen atoms in total. The second-order valence-corrected chi connectivity index (χ2v) is 7.85. The van der Waals surface area contributed by atoms with Crippen LogP contribution in [0.1, 0.15) is 31.4 Å². The smallest absolute Gasteiger partial charge is 0.328 e. The number of nitrogens with two attached hydrogens (primary N) is 1. The molecule has 1 amide bonds. The summed E-state index contributed by atoms with van der Waals surface area (Å²) in [6, 6.07) is 16.0. The molecular weight excluding hydrogens is 380 g/mol. The quantitative estimate of drug-likeness (QED) is 0.606. The minimum Gasteiger partial charge on any atom is -0.489 e. The third-order valence-corrected chi connectivity index (χ3v) is 4.93. The normalized spacial score (nSPS) is 12.9. The van der Waals surface area contributed by atoms with Crippen molar-refractivity contribution in [3.63, 3.8) is 0 Å². The van der Waals surface area contributed by atoms with Crippen molar-refractivity contribution in [1.82, 2.24) is 4.90 Å². The number of methoxy groups -OCH3 is 1. The van der Waals surface area contributed by atoms with Gasteiger partial charge in [-0.25, -0.2) is 4.79 Å². The van der Waals surface area contributed by atoms with E-state index in [2.05, 4.69) is 0 Å². The highest BCUT2D eigenvalue weighted by Gasteiger charge is 2.30. The summed E-state index contributed by atoms with van der Waals surface area (Å²) in [6.07, 6.45) is 0.896. The van der Waals surface area contributed by atoms with Crippen molar-refractivity contribution in [3.05, 3.63) is 65.7 Å². The molecule has 2 N–H and O–H groups in total. The maximum absolute atomic E-state index is 12.7. The predicted molar refractivity (Wildman–Crippen MR) is 117 cm³/mol. The lowest BCUT2D eigenvalue weighted by Crippen LogP contribution is -2.51. The average molecular weight is 413 g/mol.